The molecule has 30 heavy (non-hydrogen) atoms. The third-order valence-electron chi connectivity index (χ3n) is 5.49. The molecule has 3 rings (SSSR count). The minimum Gasteiger partial charge on any atom is -0.467 e. The van der Waals surface area contributed by atoms with Crippen LogP contribution in [0.15, 0.2) is 18.5 Å². The molecule has 2 heterocycles. The molecule has 0 unspecified atom stereocenters. The van der Waals surface area contributed by atoms with Crippen molar-refractivity contribution in [1.29, 1.82) is 0 Å². The van der Waals surface area contributed by atoms with Gasteiger partial charge in [-0.3, -0.25) is 0 Å². The van der Waals surface area contributed by atoms with Crippen LogP contribution in [0.1, 0.15) is 43.3 Å². The minimum absolute atomic E-state index is 0.151. The number of ether oxygens (including phenoxy) is 1. The van der Waals surface area contributed by atoms with E-state index >= 15 is 0 Å². The number of hydrogen-bond acceptors (Lipinski definition) is 4. The number of nitrogens with one attached hydrogen (secondary N) is 2. The summed E-state index contributed by atoms with van der Waals surface area (Å²) in [5, 5.41) is 2.64. The van der Waals surface area contributed by atoms with Gasteiger partial charge in [0, 0.05) is 24.2 Å². The van der Waals surface area contributed by atoms with E-state index in [4.69, 9.17) is 4.74 Å². The normalized spacial score (nSPS) is 17.8. The van der Waals surface area contributed by atoms with Gasteiger partial charge in [-0.05, 0) is 12.0 Å². The van der Waals surface area contributed by atoms with Gasteiger partial charge in [-0.25, -0.2) is 27.7 Å². The second-order valence-corrected chi connectivity index (χ2v) is 7.21. The molecule has 10 heteroatoms. The van der Waals surface area contributed by atoms with Crippen LogP contribution < -0.4 is 5.32 Å². The van der Waals surface area contributed by atoms with Gasteiger partial charge in [0.15, 0.2) is 17.5 Å². The Hall–Kier alpha value is -3.04. The van der Waals surface area contributed by atoms with Crippen LogP contribution in [0.5, 0.6) is 0 Å². The first-order valence-corrected chi connectivity index (χ1v) is 9.60. The van der Waals surface area contributed by atoms with E-state index in [1.54, 1.807) is 6.92 Å². The number of aromatic amines is 1. The Morgan fingerprint density at radius 1 is 1.33 bits per heavy atom. The third kappa shape index (κ3) is 3.86. The predicted molar refractivity (Wildman–Crippen MR) is 101 cm³/mol. The number of aromatic nitrogens is 2. The topological polar surface area (TPSA) is 87.3 Å². The number of amides is 2. The molecule has 3 atom stereocenters. The van der Waals surface area contributed by atoms with Crippen LogP contribution in [0, 0.1) is 23.4 Å². The monoisotopic (exact) mass is 424 g/mol. The van der Waals surface area contributed by atoms with Crippen LogP contribution in [-0.4, -0.2) is 46.6 Å². The van der Waals surface area contributed by atoms with E-state index in [1.165, 1.54) is 18.3 Å². The average molecular weight is 424 g/mol. The maximum Gasteiger partial charge on any atom is 0.328 e. The highest BCUT2D eigenvalue weighted by Gasteiger charge is 2.38. The molecule has 0 radical (unpaired) electrons. The van der Waals surface area contributed by atoms with E-state index in [2.05, 4.69) is 15.3 Å². The Bertz CT molecular complexity index is 949. The Labute approximate surface area is 171 Å². The summed E-state index contributed by atoms with van der Waals surface area (Å²) in [6.07, 6.45) is 2.40. The quantitative estimate of drug-likeness (QED) is 0.571. The predicted octanol–water partition coefficient (Wildman–Crippen LogP) is 3.07. The number of fused-ring (bicyclic) bond motifs is 1. The lowest BCUT2D eigenvalue weighted by molar-refractivity contribution is -0.144. The van der Waals surface area contributed by atoms with Gasteiger partial charge in [-0.1, -0.05) is 26.3 Å². The largest absolute Gasteiger partial charge is 0.467 e. The molecule has 0 aliphatic carbocycles. The molecule has 7 nitrogen and oxygen atoms in total. The molecule has 1 aliphatic heterocycles. The van der Waals surface area contributed by atoms with Gasteiger partial charge in [-0.15, -0.1) is 0 Å². The summed E-state index contributed by atoms with van der Waals surface area (Å²) in [6.45, 7) is 3.80. The number of hydrogen-bond donors (Lipinski definition) is 2. The fourth-order valence-electron chi connectivity index (χ4n) is 3.57. The van der Waals surface area contributed by atoms with Crippen molar-refractivity contribution in [3.05, 3.63) is 52.9 Å². The van der Waals surface area contributed by atoms with Crippen molar-refractivity contribution in [2.24, 2.45) is 5.92 Å². The van der Waals surface area contributed by atoms with Crippen molar-refractivity contribution < 1.29 is 27.5 Å². The molecule has 0 fully saturated rings. The fourth-order valence-corrected chi connectivity index (χ4v) is 3.57. The molecular weight excluding hydrogens is 401 g/mol. The summed E-state index contributed by atoms with van der Waals surface area (Å²) in [5.41, 5.74) is 0.773. The van der Waals surface area contributed by atoms with E-state index in [-0.39, 0.29) is 18.0 Å². The lowest BCUT2D eigenvalue weighted by Gasteiger charge is -2.36. The van der Waals surface area contributed by atoms with Crippen LogP contribution >= 0.6 is 0 Å². The minimum atomic E-state index is -1.62. The van der Waals surface area contributed by atoms with Gasteiger partial charge < -0.3 is 19.9 Å². The number of nitrogens with zero attached hydrogens (tertiary/aromatic N) is 2. The number of carbonyl (C=O) groups excluding carboxylic acids is 2. The van der Waals surface area contributed by atoms with Crippen LogP contribution in [-0.2, 0) is 16.0 Å². The highest BCUT2D eigenvalue weighted by molar-refractivity contribution is 5.84. The van der Waals surface area contributed by atoms with Gasteiger partial charge in [0.1, 0.15) is 12.1 Å². The van der Waals surface area contributed by atoms with E-state index in [0.717, 1.165) is 12.1 Å². The highest BCUT2D eigenvalue weighted by atomic mass is 19.2. The SMILES string of the molecule is CC[C@H](C)[C@@H](NC(=O)N1CCc2[nH]cnc2[C@@H]1c1ccc(F)c(F)c1F)C(=O)OC. The number of urea groups is 1. The fraction of sp³-hybridized carbons (Fsp3) is 0.450. The zero-order chi connectivity index (χ0) is 22.0. The molecule has 0 spiro atoms. The zero-order valence-electron chi connectivity index (χ0n) is 16.8. The highest BCUT2D eigenvalue weighted by Crippen LogP contribution is 2.35. The van der Waals surface area contributed by atoms with E-state index in [0.29, 0.717) is 24.2 Å². The average Bonchev–Trinajstić information content (AvgIpc) is 3.23. The lowest BCUT2D eigenvalue weighted by Crippen LogP contribution is -2.53. The Kier molecular flexibility index (Phi) is 6.33. The molecule has 0 saturated heterocycles. The zero-order valence-corrected chi connectivity index (χ0v) is 16.8. The number of imidazole rings is 1. The molecular formula is C20H23F3N4O3. The third-order valence-corrected chi connectivity index (χ3v) is 5.49. The van der Waals surface area contributed by atoms with Crippen molar-refractivity contribution >= 4 is 12.0 Å². The standard InChI is InChI=1S/C20H23F3N4O3/c1-4-10(2)16(19(28)30-3)26-20(29)27-8-7-13-17(25-9-24-13)18(27)11-5-6-12(21)15(23)14(11)22/h5-6,9-10,16,18H,4,7-8H2,1-3H3,(H,24,25)(H,26,29)/t10-,16+,18-/m0/s1. The van der Waals surface area contributed by atoms with Crippen molar-refractivity contribution in [2.45, 2.75) is 38.8 Å². The molecule has 2 aromatic rings. The number of esters is 1. The summed E-state index contributed by atoms with van der Waals surface area (Å²) >= 11 is 0. The first-order valence-electron chi connectivity index (χ1n) is 9.60. The molecule has 162 valence electrons. The number of methoxy groups -OCH3 is 1. The summed E-state index contributed by atoms with van der Waals surface area (Å²) in [5.74, 6) is -5.16. The first-order chi connectivity index (χ1) is 14.3. The lowest BCUT2D eigenvalue weighted by atomic mass is 9.95. The van der Waals surface area contributed by atoms with Crippen LogP contribution in [0.25, 0.3) is 0 Å². The van der Waals surface area contributed by atoms with E-state index < -0.39 is 41.5 Å². The van der Waals surface area contributed by atoms with Crippen molar-refractivity contribution in [3.8, 4) is 0 Å². The van der Waals surface area contributed by atoms with Gasteiger partial charge in [0.25, 0.3) is 0 Å². The molecule has 2 N–H and O–H groups in total. The number of carbonyl (C=O) groups is 2. The molecule has 1 aromatic carbocycles. The molecule has 0 saturated carbocycles. The second kappa shape index (κ2) is 8.76. The van der Waals surface area contributed by atoms with Gasteiger partial charge in [-0.2, -0.15) is 0 Å². The van der Waals surface area contributed by atoms with Gasteiger partial charge in [0.2, 0.25) is 0 Å². The van der Waals surface area contributed by atoms with Gasteiger partial charge in [0.05, 0.1) is 19.1 Å². The number of H-pyrrole nitrogens is 1. The Morgan fingerprint density at radius 2 is 2.07 bits per heavy atom. The van der Waals surface area contributed by atoms with Crippen LogP contribution in [0.4, 0.5) is 18.0 Å². The number of rotatable bonds is 5. The number of halogens is 3. The molecule has 0 bridgehead atoms. The number of benzene rings is 1. The van der Waals surface area contributed by atoms with Crippen LogP contribution in [0.3, 0.4) is 0 Å². The summed E-state index contributed by atoms with van der Waals surface area (Å²) < 4.78 is 46.8. The Balaban J connectivity index is 2.00. The summed E-state index contributed by atoms with van der Waals surface area (Å²) in [7, 11) is 1.22. The van der Waals surface area contributed by atoms with Crippen molar-refractivity contribution in [3.63, 3.8) is 0 Å². The summed E-state index contributed by atoms with van der Waals surface area (Å²) in [6, 6.07) is -0.766. The van der Waals surface area contributed by atoms with Gasteiger partial charge >= 0.3 is 12.0 Å². The van der Waals surface area contributed by atoms with Crippen LogP contribution in [0.2, 0.25) is 0 Å². The van der Waals surface area contributed by atoms with E-state index in [1.807, 2.05) is 6.92 Å². The molecule has 1 aliphatic rings. The molecule has 2 amide bonds. The first kappa shape index (κ1) is 21.7. The van der Waals surface area contributed by atoms with Crippen molar-refractivity contribution in [2.75, 3.05) is 13.7 Å². The summed E-state index contributed by atoms with van der Waals surface area (Å²) in [4.78, 5) is 33.6. The maximum absolute atomic E-state index is 14.6. The second-order valence-electron chi connectivity index (χ2n) is 7.21. The van der Waals surface area contributed by atoms with Crippen molar-refractivity contribution in [1.82, 2.24) is 20.2 Å². The molecule has 1 aromatic heterocycles. The maximum atomic E-state index is 14.6. The smallest absolute Gasteiger partial charge is 0.328 e. The van der Waals surface area contributed by atoms with E-state index in [9.17, 15) is 22.8 Å². The Morgan fingerprint density at radius 3 is 2.73 bits per heavy atom.